The number of carbonyl (C=O) groups is 1. The molecule has 9 heteroatoms. The van der Waals surface area contributed by atoms with Crippen LogP contribution in [0.4, 0.5) is 13.2 Å². The Kier molecular flexibility index (Phi) is 5.22. The molecular formula is C18H14F3NO4S. The van der Waals surface area contributed by atoms with Gasteiger partial charge in [-0.2, -0.15) is 13.2 Å². The average Bonchev–Trinajstić information content (AvgIpc) is 3.03. The van der Waals surface area contributed by atoms with Gasteiger partial charge in [0.15, 0.2) is 6.10 Å². The lowest BCUT2D eigenvalue weighted by Crippen LogP contribution is -2.24. The van der Waals surface area contributed by atoms with E-state index in [9.17, 15) is 18.0 Å². The number of rotatable bonds is 5. The number of nitrogens with zero attached hydrogens (tertiary/aromatic N) is 1. The van der Waals surface area contributed by atoms with Crippen molar-refractivity contribution < 1.29 is 32.2 Å². The van der Waals surface area contributed by atoms with E-state index in [0.717, 1.165) is 23.5 Å². The quantitative estimate of drug-likeness (QED) is 0.564. The van der Waals surface area contributed by atoms with Gasteiger partial charge in [-0.25, -0.2) is 9.78 Å². The van der Waals surface area contributed by atoms with Gasteiger partial charge in [-0.3, -0.25) is 0 Å². The number of methoxy groups -OCH3 is 1. The summed E-state index contributed by atoms with van der Waals surface area (Å²) in [5, 5.41) is 0.223. The molecule has 1 unspecified atom stereocenters. The molecule has 142 valence electrons. The van der Waals surface area contributed by atoms with E-state index in [1.165, 1.54) is 13.2 Å². The molecule has 0 N–H and O–H groups in total. The lowest BCUT2D eigenvalue weighted by Gasteiger charge is -2.12. The third-order valence-corrected chi connectivity index (χ3v) is 4.47. The number of aromatic nitrogens is 1. The van der Waals surface area contributed by atoms with E-state index in [1.807, 2.05) is 0 Å². The van der Waals surface area contributed by atoms with E-state index >= 15 is 0 Å². The highest BCUT2D eigenvalue weighted by Gasteiger charge is 2.30. The van der Waals surface area contributed by atoms with Gasteiger partial charge in [0, 0.05) is 0 Å². The summed E-state index contributed by atoms with van der Waals surface area (Å²) >= 11 is 1.02. The Balaban J connectivity index is 1.72. The first kappa shape index (κ1) is 19.0. The Labute approximate surface area is 156 Å². The van der Waals surface area contributed by atoms with Crippen LogP contribution in [0.2, 0.25) is 0 Å². The number of alkyl halides is 3. The zero-order chi connectivity index (χ0) is 19.6. The summed E-state index contributed by atoms with van der Waals surface area (Å²) in [7, 11) is 1.27. The minimum atomic E-state index is -4.41. The first-order chi connectivity index (χ1) is 12.8. The summed E-state index contributed by atoms with van der Waals surface area (Å²) in [6.45, 7) is 1.56. The first-order valence-corrected chi connectivity index (χ1v) is 8.58. The maximum absolute atomic E-state index is 12.8. The summed E-state index contributed by atoms with van der Waals surface area (Å²) in [6, 6.07) is 9.75. The molecule has 5 nitrogen and oxygen atoms in total. The van der Waals surface area contributed by atoms with Crippen molar-refractivity contribution in [3.05, 3.63) is 48.0 Å². The summed E-state index contributed by atoms with van der Waals surface area (Å²) in [6.07, 6.45) is -5.16. The molecule has 0 radical (unpaired) electrons. The van der Waals surface area contributed by atoms with Gasteiger partial charge in [-0.1, -0.05) is 11.3 Å². The SMILES string of the molecule is COC(=O)C(C)Oc1ccc(Oc2nc3ccc(C(F)(F)F)cc3s2)cc1. The van der Waals surface area contributed by atoms with Crippen molar-refractivity contribution in [1.82, 2.24) is 4.98 Å². The Morgan fingerprint density at radius 2 is 1.78 bits per heavy atom. The zero-order valence-corrected chi connectivity index (χ0v) is 15.1. The molecular weight excluding hydrogens is 383 g/mol. The average molecular weight is 397 g/mol. The summed E-state index contributed by atoms with van der Waals surface area (Å²) in [5.41, 5.74) is -0.304. The van der Waals surface area contributed by atoms with Gasteiger partial charge in [0.2, 0.25) is 0 Å². The van der Waals surface area contributed by atoms with E-state index in [-0.39, 0.29) is 5.19 Å². The molecule has 1 heterocycles. The number of halogens is 3. The van der Waals surface area contributed by atoms with Crippen LogP contribution in [0, 0.1) is 0 Å². The molecule has 3 rings (SSSR count). The standard InChI is InChI=1S/C18H14F3NO4S/c1-10(16(23)24-2)25-12-4-6-13(7-5-12)26-17-22-14-8-3-11(18(19,20)21)9-15(14)27-17/h3-10H,1-2H3. The summed E-state index contributed by atoms with van der Waals surface area (Å²) in [4.78, 5) is 15.5. The predicted octanol–water partition coefficient (Wildman–Crippen LogP) is 5.05. The van der Waals surface area contributed by atoms with Crippen molar-refractivity contribution in [3.63, 3.8) is 0 Å². The molecule has 0 fully saturated rings. The van der Waals surface area contributed by atoms with Crippen LogP contribution < -0.4 is 9.47 Å². The van der Waals surface area contributed by atoms with E-state index in [0.29, 0.717) is 21.7 Å². The zero-order valence-electron chi connectivity index (χ0n) is 14.2. The van der Waals surface area contributed by atoms with Crippen molar-refractivity contribution in [2.24, 2.45) is 0 Å². The molecule has 0 aliphatic heterocycles. The smallest absolute Gasteiger partial charge is 0.416 e. The molecule has 2 aromatic carbocycles. The van der Waals surface area contributed by atoms with E-state index in [4.69, 9.17) is 9.47 Å². The van der Waals surface area contributed by atoms with Crippen LogP contribution in [0.15, 0.2) is 42.5 Å². The van der Waals surface area contributed by atoms with Crippen molar-refractivity contribution >= 4 is 27.5 Å². The number of fused-ring (bicyclic) bond motifs is 1. The molecule has 0 saturated heterocycles. The summed E-state index contributed by atoms with van der Waals surface area (Å²) in [5.74, 6) is 0.380. The van der Waals surface area contributed by atoms with Crippen molar-refractivity contribution in [2.45, 2.75) is 19.2 Å². The molecule has 0 saturated carbocycles. The second-order valence-corrected chi connectivity index (χ2v) is 6.51. The minimum absolute atomic E-state index is 0.223. The second-order valence-electron chi connectivity index (χ2n) is 5.52. The van der Waals surface area contributed by atoms with Crippen LogP contribution in [0.3, 0.4) is 0 Å². The molecule has 27 heavy (non-hydrogen) atoms. The normalized spacial score (nSPS) is 12.6. The highest BCUT2D eigenvalue weighted by molar-refractivity contribution is 7.20. The minimum Gasteiger partial charge on any atom is -0.479 e. The lowest BCUT2D eigenvalue weighted by molar-refractivity contribution is -0.147. The van der Waals surface area contributed by atoms with Crippen LogP contribution in [0.1, 0.15) is 12.5 Å². The van der Waals surface area contributed by atoms with Crippen LogP contribution >= 0.6 is 11.3 Å². The van der Waals surface area contributed by atoms with Crippen LogP contribution in [-0.4, -0.2) is 24.2 Å². The molecule has 0 spiro atoms. The van der Waals surface area contributed by atoms with Gasteiger partial charge >= 0.3 is 12.1 Å². The van der Waals surface area contributed by atoms with Crippen LogP contribution in [0.25, 0.3) is 10.2 Å². The van der Waals surface area contributed by atoms with Gasteiger partial charge in [-0.15, -0.1) is 0 Å². The Hall–Kier alpha value is -2.81. The molecule has 0 aliphatic rings. The Morgan fingerprint density at radius 3 is 2.41 bits per heavy atom. The monoisotopic (exact) mass is 397 g/mol. The maximum atomic E-state index is 12.8. The topological polar surface area (TPSA) is 57.7 Å². The van der Waals surface area contributed by atoms with E-state index in [1.54, 1.807) is 31.2 Å². The number of ether oxygens (including phenoxy) is 3. The Morgan fingerprint density at radius 1 is 1.11 bits per heavy atom. The number of benzene rings is 2. The first-order valence-electron chi connectivity index (χ1n) is 7.76. The highest BCUT2D eigenvalue weighted by atomic mass is 32.1. The largest absolute Gasteiger partial charge is 0.479 e. The fourth-order valence-corrected chi connectivity index (χ4v) is 3.10. The third-order valence-electron chi connectivity index (χ3n) is 3.57. The molecule has 0 amide bonds. The summed E-state index contributed by atoms with van der Waals surface area (Å²) < 4.78 is 54.3. The van der Waals surface area contributed by atoms with Gasteiger partial charge < -0.3 is 14.2 Å². The van der Waals surface area contributed by atoms with Gasteiger partial charge in [0.25, 0.3) is 5.19 Å². The number of thiazole rings is 1. The Bertz CT molecular complexity index is 953. The second kappa shape index (κ2) is 7.43. The van der Waals surface area contributed by atoms with E-state index in [2.05, 4.69) is 9.72 Å². The van der Waals surface area contributed by atoms with Crippen LogP contribution in [0.5, 0.6) is 16.7 Å². The number of hydrogen-bond acceptors (Lipinski definition) is 6. The molecule has 1 atom stereocenters. The number of carbonyl (C=O) groups excluding carboxylic acids is 1. The molecule has 3 aromatic rings. The van der Waals surface area contributed by atoms with Crippen LogP contribution in [-0.2, 0) is 15.7 Å². The molecule has 1 aromatic heterocycles. The van der Waals surface area contributed by atoms with Gasteiger partial charge in [0.1, 0.15) is 11.5 Å². The highest BCUT2D eigenvalue weighted by Crippen LogP contribution is 2.36. The molecule has 0 bridgehead atoms. The van der Waals surface area contributed by atoms with E-state index < -0.39 is 23.8 Å². The molecule has 0 aliphatic carbocycles. The van der Waals surface area contributed by atoms with Crippen molar-refractivity contribution in [2.75, 3.05) is 7.11 Å². The maximum Gasteiger partial charge on any atom is 0.416 e. The number of esters is 1. The van der Waals surface area contributed by atoms with Gasteiger partial charge in [-0.05, 0) is 49.4 Å². The fraction of sp³-hybridized carbons (Fsp3) is 0.222. The lowest BCUT2D eigenvalue weighted by atomic mass is 10.2. The fourth-order valence-electron chi connectivity index (χ4n) is 2.23. The van der Waals surface area contributed by atoms with Gasteiger partial charge in [0.05, 0.1) is 22.9 Å². The number of hydrogen-bond donors (Lipinski definition) is 0. The predicted molar refractivity (Wildman–Crippen MR) is 93.2 cm³/mol. The van der Waals surface area contributed by atoms with Crippen molar-refractivity contribution in [3.8, 4) is 16.7 Å². The van der Waals surface area contributed by atoms with Crippen molar-refractivity contribution in [1.29, 1.82) is 0 Å². The third kappa shape index (κ3) is 4.48.